The van der Waals surface area contributed by atoms with Gasteiger partial charge in [-0.05, 0) is 30.5 Å². The number of para-hydroxylation sites is 1. The zero-order valence-electron chi connectivity index (χ0n) is 25.1. The number of nitrogens with zero attached hydrogens (tertiary/aromatic N) is 5. The molecule has 1 N–H and O–H groups in total. The van der Waals surface area contributed by atoms with Gasteiger partial charge in [-0.15, -0.1) is 0 Å². The van der Waals surface area contributed by atoms with E-state index in [-0.39, 0.29) is 11.9 Å². The molecule has 1 atom stereocenters. The fourth-order valence-electron chi connectivity index (χ4n) is 5.78. The minimum Gasteiger partial charge on any atom is -0.490 e. The molecule has 44 heavy (non-hydrogen) atoms. The maximum absolute atomic E-state index is 14.2. The van der Waals surface area contributed by atoms with Crippen LogP contribution in [0.2, 0.25) is 0 Å². The van der Waals surface area contributed by atoms with E-state index in [1.807, 2.05) is 78.9 Å². The van der Waals surface area contributed by atoms with Gasteiger partial charge in [0, 0.05) is 56.1 Å². The number of rotatable bonds is 11. The summed E-state index contributed by atoms with van der Waals surface area (Å²) in [6, 6.07) is 29.6. The summed E-state index contributed by atoms with van der Waals surface area (Å²) in [6.45, 7) is 7.12. The lowest BCUT2D eigenvalue weighted by Crippen LogP contribution is -2.47. The maximum Gasteiger partial charge on any atom is 0.256 e. The Morgan fingerprint density at radius 3 is 2.27 bits per heavy atom. The number of aromatic nitrogens is 3. The normalized spacial score (nSPS) is 14.3. The Morgan fingerprint density at radius 2 is 1.55 bits per heavy atom. The van der Waals surface area contributed by atoms with Gasteiger partial charge in [0.1, 0.15) is 5.69 Å². The van der Waals surface area contributed by atoms with Gasteiger partial charge in [0.05, 0.1) is 23.7 Å². The Hall–Kier alpha value is -4.82. The highest BCUT2D eigenvalue weighted by atomic mass is 16.5. The fraction of sp³-hybridized carbons (Fsp3) is 0.278. The van der Waals surface area contributed by atoms with Gasteiger partial charge in [0.25, 0.3) is 5.91 Å². The lowest BCUT2D eigenvalue weighted by atomic mass is 10.00. The van der Waals surface area contributed by atoms with Crippen molar-refractivity contribution >= 4 is 22.8 Å². The lowest BCUT2D eigenvalue weighted by molar-refractivity contribution is 0.0933. The van der Waals surface area contributed by atoms with Crippen LogP contribution in [0, 0.1) is 0 Å². The van der Waals surface area contributed by atoms with E-state index in [0.717, 1.165) is 73.5 Å². The summed E-state index contributed by atoms with van der Waals surface area (Å²) in [4.78, 5) is 32.7. The van der Waals surface area contributed by atoms with Crippen LogP contribution < -0.4 is 15.0 Å². The highest BCUT2D eigenvalue weighted by Gasteiger charge is 2.25. The van der Waals surface area contributed by atoms with Gasteiger partial charge < -0.3 is 15.0 Å². The third-order valence-electron chi connectivity index (χ3n) is 8.11. The summed E-state index contributed by atoms with van der Waals surface area (Å²) in [5, 5.41) is 4.08. The van der Waals surface area contributed by atoms with E-state index in [9.17, 15) is 4.79 Å². The van der Waals surface area contributed by atoms with Crippen molar-refractivity contribution in [3.05, 3.63) is 115 Å². The molecule has 0 aliphatic carbocycles. The summed E-state index contributed by atoms with van der Waals surface area (Å²) in [7, 11) is 0. The van der Waals surface area contributed by atoms with E-state index in [1.165, 1.54) is 0 Å². The zero-order chi connectivity index (χ0) is 30.1. The molecule has 3 heterocycles. The number of fused-ring (bicyclic) bond motifs is 1. The second-order valence-electron chi connectivity index (χ2n) is 11.0. The zero-order valence-corrected chi connectivity index (χ0v) is 25.1. The summed E-state index contributed by atoms with van der Waals surface area (Å²) >= 11 is 0. The van der Waals surface area contributed by atoms with E-state index >= 15 is 0 Å². The monoisotopic (exact) mass is 586 g/mol. The first-order valence-electron chi connectivity index (χ1n) is 15.4. The smallest absolute Gasteiger partial charge is 0.256 e. The molecule has 0 spiro atoms. The minimum absolute atomic E-state index is 0.122. The Kier molecular flexibility index (Phi) is 9.38. The van der Waals surface area contributed by atoms with Gasteiger partial charge in [0.2, 0.25) is 5.95 Å². The standard InChI is InChI=1S/C36H38N6O2/c1-2-30(27-13-5-3-6-14-27)40-35(43)32-29-17-9-10-18-31(29)39-33(28-15-7-4-8-16-28)34(32)44-26-12-21-41-22-24-42(25-23-41)36-37-19-11-20-38-36/h3-11,13-20,30H,2,12,21-26H2,1H3,(H,40,43). The van der Waals surface area contributed by atoms with Crippen molar-refractivity contribution in [3.63, 3.8) is 0 Å². The number of benzene rings is 3. The van der Waals surface area contributed by atoms with Crippen LogP contribution in [-0.4, -0.2) is 65.1 Å². The Morgan fingerprint density at radius 1 is 0.864 bits per heavy atom. The second kappa shape index (κ2) is 14.1. The SMILES string of the molecule is CCC(NC(=O)c1c(OCCCN2CCN(c3ncccn3)CC2)c(-c2ccccc2)nc2ccccc12)c1ccccc1. The molecule has 1 aliphatic heterocycles. The molecule has 1 aliphatic rings. The molecule has 5 aromatic rings. The van der Waals surface area contributed by atoms with Crippen molar-refractivity contribution in [1.29, 1.82) is 0 Å². The summed E-state index contributed by atoms with van der Waals surface area (Å²) in [5.41, 5.74) is 3.96. The first-order valence-corrected chi connectivity index (χ1v) is 15.4. The molecule has 1 unspecified atom stereocenters. The molecule has 0 bridgehead atoms. The quantitative estimate of drug-likeness (QED) is 0.186. The van der Waals surface area contributed by atoms with E-state index in [2.05, 4.69) is 44.1 Å². The predicted octanol–water partition coefficient (Wildman–Crippen LogP) is 6.16. The van der Waals surface area contributed by atoms with Gasteiger partial charge in [-0.25, -0.2) is 15.0 Å². The van der Waals surface area contributed by atoms with Crippen molar-refractivity contribution in [3.8, 4) is 17.0 Å². The molecule has 8 heteroatoms. The maximum atomic E-state index is 14.2. The van der Waals surface area contributed by atoms with Crippen LogP contribution in [-0.2, 0) is 0 Å². The minimum atomic E-state index is -0.161. The summed E-state index contributed by atoms with van der Waals surface area (Å²) in [5.74, 6) is 1.16. The Bertz CT molecular complexity index is 1660. The molecule has 1 amide bonds. The number of pyridine rings is 1. The number of carbonyl (C=O) groups is 1. The number of hydrogen-bond acceptors (Lipinski definition) is 7. The van der Waals surface area contributed by atoms with E-state index < -0.39 is 0 Å². The molecule has 1 fully saturated rings. The van der Waals surface area contributed by atoms with Gasteiger partial charge >= 0.3 is 0 Å². The predicted molar refractivity (Wildman–Crippen MR) is 175 cm³/mol. The number of amides is 1. The summed E-state index contributed by atoms with van der Waals surface area (Å²) in [6.07, 6.45) is 5.17. The average molecular weight is 587 g/mol. The molecule has 6 rings (SSSR count). The molecule has 0 radical (unpaired) electrons. The van der Waals surface area contributed by atoms with Crippen LogP contribution in [0.4, 0.5) is 5.95 Å². The number of ether oxygens (including phenoxy) is 1. The third-order valence-corrected chi connectivity index (χ3v) is 8.11. The van der Waals surface area contributed by atoms with Gasteiger partial charge in [-0.3, -0.25) is 9.69 Å². The van der Waals surface area contributed by atoms with Gasteiger partial charge in [-0.2, -0.15) is 0 Å². The molecule has 3 aromatic carbocycles. The van der Waals surface area contributed by atoms with Crippen molar-refractivity contribution in [2.45, 2.75) is 25.8 Å². The number of hydrogen-bond donors (Lipinski definition) is 1. The second-order valence-corrected chi connectivity index (χ2v) is 11.0. The van der Waals surface area contributed by atoms with E-state index in [1.54, 1.807) is 12.4 Å². The highest BCUT2D eigenvalue weighted by Crippen LogP contribution is 2.37. The number of nitrogens with one attached hydrogen (secondary N) is 1. The van der Waals surface area contributed by atoms with Crippen LogP contribution in [0.1, 0.15) is 41.7 Å². The Labute approximate surface area is 258 Å². The average Bonchev–Trinajstić information content (AvgIpc) is 3.10. The Balaban J connectivity index is 1.23. The number of carbonyl (C=O) groups excluding carboxylic acids is 1. The van der Waals surface area contributed by atoms with Crippen LogP contribution in [0.15, 0.2) is 103 Å². The molecular weight excluding hydrogens is 548 g/mol. The summed E-state index contributed by atoms with van der Waals surface area (Å²) < 4.78 is 6.57. The largest absolute Gasteiger partial charge is 0.490 e. The van der Waals surface area contributed by atoms with Crippen molar-refractivity contribution in [2.24, 2.45) is 0 Å². The van der Waals surface area contributed by atoms with Crippen molar-refractivity contribution < 1.29 is 9.53 Å². The van der Waals surface area contributed by atoms with Crippen LogP contribution in [0.3, 0.4) is 0 Å². The first kappa shape index (κ1) is 29.3. The van der Waals surface area contributed by atoms with Gasteiger partial charge in [0.15, 0.2) is 5.75 Å². The van der Waals surface area contributed by atoms with Crippen LogP contribution in [0.25, 0.3) is 22.2 Å². The lowest BCUT2D eigenvalue weighted by Gasteiger charge is -2.34. The van der Waals surface area contributed by atoms with E-state index in [4.69, 9.17) is 9.72 Å². The topological polar surface area (TPSA) is 83.5 Å². The number of anilines is 1. The third kappa shape index (κ3) is 6.71. The highest BCUT2D eigenvalue weighted by molar-refractivity contribution is 6.10. The molecular formula is C36H38N6O2. The first-order chi connectivity index (χ1) is 21.7. The number of piperazine rings is 1. The molecule has 224 valence electrons. The molecule has 8 nitrogen and oxygen atoms in total. The molecule has 1 saturated heterocycles. The van der Waals surface area contributed by atoms with Crippen LogP contribution in [0.5, 0.6) is 5.75 Å². The van der Waals surface area contributed by atoms with E-state index in [0.29, 0.717) is 23.6 Å². The molecule has 0 saturated carbocycles. The van der Waals surface area contributed by atoms with Crippen LogP contribution >= 0.6 is 0 Å². The fourth-order valence-corrected chi connectivity index (χ4v) is 5.78. The van der Waals surface area contributed by atoms with Crippen molar-refractivity contribution in [1.82, 2.24) is 25.2 Å². The van der Waals surface area contributed by atoms with Crippen molar-refractivity contribution in [2.75, 3.05) is 44.2 Å². The van der Waals surface area contributed by atoms with Gasteiger partial charge in [-0.1, -0.05) is 85.8 Å². The molecule has 2 aromatic heterocycles.